The maximum Gasteiger partial charge on any atom is 0.296 e. The molecule has 0 spiro atoms. The molecular formula is C20H21ClN4O4. The number of aromatic amines is 1. The minimum Gasteiger partial charge on any atom is -0.456 e. The Balaban J connectivity index is 1.39. The van der Waals surface area contributed by atoms with E-state index in [2.05, 4.69) is 32.0 Å². The molecule has 3 aromatic rings. The van der Waals surface area contributed by atoms with Crippen LogP contribution in [0.25, 0.3) is 22.4 Å². The largest absolute Gasteiger partial charge is 0.456 e. The maximum atomic E-state index is 10.1. The molecule has 29 heavy (non-hydrogen) atoms. The summed E-state index contributed by atoms with van der Waals surface area (Å²) in [4.78, 5) is 14.3. The average Bonchev–Trinajstić information content (AvgIpc) is 3.23. The summed E-state index contributed by atoms with van der Waals surface area (Å²) in [5.74, 6) is 0. The van der Waals surface area contributed by atoms with E-state index in [-0.39, 0.29) is 19.2 Å². The lowest BCUT2D eigenvalue weighted by Crippen LogP contribution is -2.36. The number of aromatic nitrogens is 3. The maximum absolute atomic E-state index is 10.1. The number of imidazole rings is 1. The molecule has 9 heteroatoms. The highest BCUT2D eigenvalue weighted by Crippen LogP contribution is 2.32. The van der Waals surface area contributed by atoms with Crippen LogP contribution in [0.1, 0.15) is 6.42 Å². The molecule has 2 aliphatic heterocycles. The van der Waals surface area contributed by atoms with Crippen LogP contribution in [0.2, 0.25) is 5.02 Å². The summed E-state index contributed by atoms with van der Waals surface area (Å²) >= 11 is 6.47. The molecule has 8 nitrogen and oxygen atoms in total. The van der Waals surface area contributed by atoms with Gasteiger partial charge in [-0.3, -0.25) is 0 Å². The fraction of sp³-hybridized carbons (Fsp3) is 0.400. The number of halogens is 1. The first-order valence-corrected chi connectivity index (χ1v) is 9.99. The molecule has 0 amide bonds. The summed E-state index contributed by atoms with van der Waals surface area (Å²) in [6, 6.07) is 10.2. The van der Waals surface area contributed by atoms with E-state index in [0.717, 1.165) is 18.7 Å². The molecule has 0 bridgehead atoms. The van der Waals surface area contributed by atoms with E-state index < -0.39 is 18.3 Å². The third-order valence-corrected chi connectivity index (χ3v) is 5.73. The molecule has 4 heterocycles. The van der Waals surface area contributed by atoms with Gasteiger partial charge in [0, 0.05) is 24.3 Å². The minimum atomic E-state index is -0.926. The normalized spacial score (nSPS) is 24.1. The summed E-state index contributed by atoms with van der Waals surface area (Å²) in [5.41, 5.74) is 3.87. The van der Waals surface area contributed by atoms with Gasteiger partial charge in [-0.05, 0) is 24.6 Å². The molecule has 2 aromatic heterocycles. The summed E-state index contributed by atoms with van der Waals surface area (Å²) in [6.45, 7) is 2.10. The van der Waals surface area contributed by atoms with E-state index in [1.54, 1.807) is 6.07 Å². The van der Waals surface area contributed by atoms with Gasteiger partial charge >= 0.3 is 0 Å². The van der Waals surface area contributed by atoms with Gasteiger partial charge in [0.2, 0.25) is 0 Å². The predicted octanol–water partition coefficient (Wildman–Crippen LogP) is 1.99. The second-order valence-electron chi connectivity index (χ2n) is 7.32. The number of fused-ring (bicyclic) bond motifs is 1. The lowest BCUT2D eigenvalue weighted by Gasteiger charge is -2.33. The molecule has 2 aliphatic rings. The SMILES string of the molecule is OCC1OCC(Oc2nc3nc(-c4ccc(N5CCC5)cc4)c(Cl)cc3[nH]2)C1O. The Morgan fingerprint density at radius 3 is 2.69 bits per heavy atom. The molecule has 2 saturated heterocycles. The number of hydrogen-bond acceptors (Lipinski definition) is 7. The van der Waals surface area contributed by atoms with E-state index in [9.17, 15) is 10.2 Å². The van der Waals surface area contributed by atoms with Gasteiger partial charge in [-0.1, -0.05) is 23.7 Å². The van der Waals surface area contributed by atoms with Crippen molar-refractivity contribution in [2.75, 3.05) is 31.2 Å². The van der Waals surface area contributed by atoms with E-state index in [1.165, 1.54) is 12.1 Å². The Bertz CT molecular complexity index is 1020. The zero-order valence-electron chi connectivity index (χ0n) is 15.6. The molecule has 0 saturated carbocycles. The number of rotatable bonds is 5. The molecule has 152 valence electrons. The number of hydrogen-bond donors (Lipinski definition) is 3. The van der Waals surface area contributed by atoms with Crippen molar-refractivity contribution < 1.29 is 19.7 Å². The number of benzene rings is 1. The van der Waals surface area contributed by atoms with Crippen LogP contribution in [-0.2, 0) is 4.74 Å². The van der Waals surface area contributed by atoms with Gasteiger partial charge in [-0.25, -0.2) is 4.98 Å². The number of aliphatic hydroxyl groups excluding tert-OH is 2. The number of nitrogens with one attached hydrogen (secondary N) is 1. The fourth-order valence-electron chi connectivity index (χ4n) is 3.62. The first-order chi connectivity index (χ1) is 14.1. The van der Waals surface area contributed by atoms with E-state index in [4.69, 9.17) is 21.1 Å². The van der Waals surface area contributed by atoms with Crippen LogP contribution in [0.15, 0.2) is 30.3 Å². The molecule has 0 aliphatic carbocycles. The molecule has 3 atom stereocenters. The predicted molar refractivity (Wildman–Crippen MR) is 108 cm³/mol. The highest BCUT2D eigenvalue weighted by atomic mass is 35.5. The molecule has 3 unspecified atom stereocenters. The van der Waals surface area contributed by atoms with Crippen LogP contribution in [-0.4, -0.2) is 69.8 Å². The van der Waals surface area contributed by atoms with Crippen LogP contribution < -0.4 is 9.64 Å². The molecular weight excluding hydrogens is 396 g/mol. The second-order valence-corrected chi connectivity index (χ2v) is 7.73. The van der Waals surface area contributed by atoms with Crippen molar-refractivity contribution in [1.82, 2.24) is 15.0 Å². The Labute approximate surface area is 172 Å². The number of anilines is 1. The summed E-state index contributed by atoms with van der Waals surface area (Å²) in [6.07, 6.45) is -0.954. The monoisotopic (exact) mass is 416 g/mol. The number of pyridine rings is 1. The van der Waals surface area contributed by atoms with E-state index >= 15 is 0 Å². The number of aliphatic hydroxyl groups is 2. The lowest BCUT2D eigenvalue weighted by atomic mass is 10.1. The van der Waals surface area contributed by atoms with Gasteiger partial charge in [0.15, 0.2) is 11.8 Å². The van der Waals surface area contributed by atoms with Gasteiger partial charge in [0.25, 0.3) is 6.01 Å². The van der Waals surface area contributed by atoms with Crippen LogP contribution in [0.4, 0.5) is 5.69 Å². The van der Waals surface area contributed by atoms with Crippen molar-refractivity contribution in [2.45, 2.75) is 24.7 Å². The minimum absolute atomic E-state index is 0.173. The lowest BCUT2D eigenvalue weighted by molar-refractivity contribution is -0.00390. The zero-order chi connectivity index (χ0) is 20.0. The average molecular weight is 417 g/mol. The third-order valence-electron chi connectivity index (χ3n) is 5.45. The van der Waals surface area contributed by atoms with Gasteiger partial charge < -0.3 is 29.6 Å². The quantitative estimate of drug-likeness (QED) is 0.584. The van der Waals surface area contributed by atoms with Crippen molar-refractivity contribution in [1.29, 1.82) is 0 Å². The second kappa shape index (κ2) is 7.46. The van der Waals surface area contributed by atoms with Crippen molar-refractivity contribution in [3.63, 3.8) is 0 Å². The Morgan fingerprint density at radius 2 is 2.03 bits per heavy atom. The van der Waals surface area contributed by atoms with Crippen LogP contribution in [0, 0.1) is 0 Å². The van der Waals surface area contributed by atoms with Crippen LogP contribution in [0.3, 0.4) is 0 Å². The third kappa shape index (κ3) is 3.42. The molecule has 0 radical (unpaired) electrons. The van der Waals surface area contributed by atoms with Gasteiger partial charge in [0.1, 0.15) is 12.2 Å². The summed E-state index contributed by atoms with van der Waals surface area (Å²) in [5, 5.41) is 19.8. The first kappa shape index (κ1) is 18.6. The van der Waals surface area contributed by atoms with Crippen LogP contribution >= 0.6 is 11.6 Å². The molecule has 2 fully saturated rings. The summed E-state index contributed by atoms with van der Waals surface area (Å²) < 4.78 is 11.0. The smallest absolute Gasteiger partial charge is 0.296 e. The van der Waals surface area contributed by atoms with Crippen molar-refractivity contribution in [2.24, 2.45) is 0 Å². The van der Waals surface area contributed by atoms with Gasteiger partial charge in [0.05, 0.1) is 29.4 Å². The van der Waals surface area contributed by atoms with E-state index in [0.29, 0.717) is 21.9 Å². The zero-order valence-corrected chi connectivity index (χ0v) is 16.3. The van der Waals surface area contributed by atoms with Crippen LogP contribution in [0.5, 0.6) is 6.01 Å². The van der Waals surface area contributed by atoms with Gasteiger partial charge in [-0.15, -0.1) is 0 Å². The highest BCUT2D eigenvalue weighted by Gasteiger charge is 2.37. The van der Waals surface area contributed by atoms with E-state index in [1.807, 2.05) is 12.1 Å². The Hall–Kier alpha value is -2.39. The standard InChI is InChI=1S/C20H21ClN4O4/c21-13-8-14-19(24-20(22-14)29-16-10-28-15(9-26)18(16)27)23-17(13)11-2-4-12(5-3-11)25-6-1-7-25/h2-5,8,15-16,18,26-27H,1,6-7,9-10H2,(H,22,23,24). The molecule has 3 N–H and O–H groups in total. The number of H-pyrrole nitrogens is 1. The van der Waals surface area contributed by atoms with Crippen molar-refractivity contribution >= 4 is 28.5 Å². The number of nitrogens with zero attached hydrogens (tertiary/aromatic N) is 3. The topological polar surface area (TPSA) is 104 Å². The Morgan fingerprint density at radius 1 is 1.24 bits per heavy atom. The molecule has 1 aromatic carbocycles. The van der Waals surface area contributed by atoms with Crippen molar-refractivity contribution in [3.8, 4) is 17.3 Å². The Kier molecular flexibility index (Phi) is 4.79. The summed E-state index contributed by atoms with van der Waals surface area (Å²) in [7, 11) is 0. The van der Waals surface area contributed by atoms with Gasteiger partial charge in [-0.2, -0.15) is 4.98 Å². The fourth-order valence-corrected chi connectivity index (χ4v) is 3.88. The number of ether oxygens (including phenoxy) is 2. The highest BCUT2D eigenvalue weighted by molar-refractivity contribution is 6.33. The molecule has 5 rings (SSSR count). The van der Waals surface area contributed by atoms with Crippen molar-refractivity contribution in [3.05, 3.63) is 35.4 Å². The first-order valence-electron chi connectivity index (χ1n) is 9.61.